The number of nitrogens with zero attached hydrogens (tertiary/aromatic N) is 4. The number of nitrogen functional groups attached to an aromatic ring is 1. The third kappa shape index (κ3) is 5.45. The first-order chi connectivity index (χ1) is 16.4. The maximum absolute atomic E-state index is 13.5. The molecule has 174 valence electrons. The topological polar surface area (TPSA) is 117 Å². The van der Waals surface area contributed by atoms with Crippen molar-refractivity contribution in [2.24, 2.45) is 0 Å². The van der Waals surface area contributed by atoms with E-state index in [0.717, 1.165) is 24.8 Å². The second-order valence-corrected chi connectivity index (χ2v) is 8.79. The molecular formula is C24H23IN6O3. The van der Waals surface area contributed by atoms with Gasteiger partial charge in [-0.3, -0.25) is 4.57 Å². The Hall–Kier alpha value is -3.67. The van der Waals surface area contributed by atoms with E-state index in [9.17, 15) is 9.59 Å². The van der Waals surface area contributed by atoms with Crippen LogP contribution >= 0.6 is 22.6 Å². The van der Waals surface area contributed by atoms with Gasteiger partial charge in [0.15, 0.2) is 0 Å². The number of nitrogens with two attached hydrogens (primary N) is 1. The first-order valence-electron chi connectivity index (χ1n) is 10.5. The lowest BCUT2D eigenvalue weighted by atomic mass is 10.2. The van der Waals surface area contributed by atoms with Gasteiger partial charge < -0.3 is 15.8 Å². The summed E-state index contributed by atoms with van der Waals surface area (Å²) in [4.78, 5) is 34.6. The van der Waals surface area contributed by atoms with Gasteiger partial charge >= 0.3 is 11.4 Å². The Kier molecular flexibility index (Phi) is 7.26. The number of pyridine rings is 1. The number of ether oxygens (including phenoxy) is 1. The van der Waals surface area contributed by atoms with E-state index < -0.39 is 11.4 Å². The van der Waals surface area contributed by atoms with Gasteiger partial charge in [-0.1, -0.05) is 30.3 Å². The number of hydrogen-bond acceptors (Lipinski definition) is 7. The summed E-state index contributed by atoms with van der Waals surface area (Å²) in [5.41, 5.74) is 7.27. The molecule has 2 heterocycles. The van der Waals surface area contributed by atoms with Gasteiger partial charge in [0.05, 0.1) is 20.2 Å². The van der Waals surface area contributed by atoms with Gasteiger partial charge in [0.25, 0.3) is 0 Å². The second-order valence-electron chi connectivity index (χ2n) is 7.55. The highest BCUT2D eigenvalue weighted by atomic mass is 127. The SMILES string of the molecule is COc1ccc(Cn2c(NCc3cccnc3N)nc(=O)n(Cc3ccc(I)cc3)c2=O)cc1. The maximum atomic E-state index is 13.5. The number of hydrogen-bond donors (Lipinski definition) is 2. The van der Waals surface area contributed by atoms with Crippen LogP contribution < -0.4 is 27.2 Å². The molecular weight excluding hydrogens is 547 g/mol. The summed E-state index contributed by atoms with van der Waals surface area (Å²) in [6, 6.07) is 18.6. The lowest BCUT2D eigenvalue weighted by molar-refractivity contribution is 0.414. The van der Waals surface area contributed by atoms with E-state index in [4.69, 9.17) is 10.5 Å². The van der Waals surface area contributed by atoms with Crippen LogP contribution in [0.2, 0.25) is 0 Å². The van der Waals surface area contributed by atoms with E-state index in [1.165, 1.54) is 4.57 Å². The Morgan fingerprint density at radius 1 is 0.971 bits per heavy atom. The number of benzene rings is 2. The molecule has 0 saturated heterocycles. The molecule has 0 aliphatic rings. The normalized spacial score (nSPS) is 10.8. The van der Waals surface area contributed by atoms with Gasteiger partial charge in [0.1, 0.15) is 11.6 Å². The quantitative estimate of drug-likeness (QED) is 0.313. The van der Waals surface area contributed by atoms with Crippen molar-refractivity contribution in [1.29, 1.82) is 0 Å². The monoisotopic (exact) mass is 570 g/mol. The van der Waals surface area contributed by atoms with Crippen LogP contribution in [0, 0.1) is 3.57 Å². The highest BCUT2D eigenvalue weighted by Gasteiger charge is 2.15. The second kappa shape index (κ2) is 10.5. The van der Waals surface area contributed by atoms with Gasteiger partial charge in [-0.25, -0.2) is 19.1 Å². The molecule has 0 spiro atoms. The zero-order valence-electron chi connectivity index (χ0n) is 18.4. The summed E-state index contributed by atoms with van der Waals surface area (Å²) < 4.78 is 8.87. The molecule has 0 aliphatic heterocycles. The van der Waals surface area contributed by atoms with E-state index in [1.54, 1.807) is 19.4 Å². The third-order valence-corrected chi connectivity index (χ3v) is 5.99. The smallest absolute Gasteiger partial charge is 0.355 e. The van der Waals surface area contributed by atoms with Crippen LogP contribution in [0.4, 0.5) is 11.8 Å². The number of anilines is 2. The molecule has 0 atom stereocenters. The van der Waals surface area contributed by atoms with Crippen LogP contribution in [-0.2, 0) is 19.6 Å². The zero-order chi connectivity index (χ0) is 24.1. The summed E-state index contributed by atoms with van der Waals surface area (Å²) in [7, 11) is 1.59. The molecule has 0 saturated carbocycles. The minimum absolute atomic E-state index is 0.125. The highest BCUT2D eigenvalue weighted by Crippen LogP contribution is 2.14. The molecule has 3 N–H and O–H groups in total. The third-order valence-electron chi connectivity index (χ3n) is 5.27. The van der Waals surface area contributed by atoms with E-state index in [1.807, 2.05) is 54.6 Å². The van der Waals surface area contributed by atoms with E-state index >= 15 is 0 Å². The molecule has 0 amide bonds. The van der Waals surface area contributed by atoms with Crippen LogP contribution in [0.25, 0.3) is 0 Å². The Bertz CT molecular complexity index is 1400. The minimum Gasteiger partial charge on any atom is -0.497 e. The molecule has 10 heteroatoms. The predicted octanol–water partition coefficient (Wildman–Crippen LogP) is 2.70. The molecule has 2 aromatic heterocycles. The molecule has 0 unspecified atom stereocenters. The molecule has 4 aromatic rings. The van der Waals surface area contributed by atoms with Crippen LogP contribution in [0.15, 0.2) is 76.4 Å². The number of aromatic nitrogens is 4. The van der Waals surface area contributed by atoms with Crippen molar-refractivity contribution >= 4 is 34.4 Å². The lowest BCUT2D eigenvalue weighted by Gasteiger charge is -2.16. The molecule has 0 aliphatic carbocycles. The average Bonchev–Trinajstić information content (AvgIpc) is 2.85. The van der Waals surface area contributed by atoms with Crippen LogP contribution in [0.5, 0.6) is 5.75 Å². The molecule has 9 nitrogen and oxygen atoms in total. The molecule has 2 aromatic carbocycles. The van der Waals surface area contributed by atoms with Crippen molar-refractivity contribution in [2.45, 2.75) is 19.6 Å². The summed E-state index contributed by atoms with van der Waals surface area (Å²) in [5, 5.41) is 3.09. The largest absolute Gasteiger partial charge is 0.497 e. The lowest BCUT2D eigenvalue weighted by Crippen LogP contribution is -2.43. The first-order valence-corrected chi connectivity index (χ1v) is 11.5. The fourth-order valence-corrected chi connectivity index (χ4v) is 3.76. The summed E-state index contributed by atoms with van der Waals surface area (Å²) in [6.45, 7) is 0.600. The molecule has 0 fully saturated rings. The zero-order valence-corrected chi connectivity index (χ0v) is 20.6. The van der Waals surface area contributed by atoms with Crippen molar-refractivity contribution < 1.29 is 4.74 Å². The van der Waals surface area contributed by atoms with Crippen LogP contribution in [-0.4, -0.2) is 26.2 Å². The average molecular weight is 570 g/mol. The van der Waals surface area contributed by atoms with E-state index in [2.05, 4.69) is 37.9 Å². The van der Waals surface area contributed by atoms with E-state index in [-0.39, 0.29) is 25.6 Å². The number of methoxy groups -OCH3 is 1. The predicted molar refractivity (Wildman–Crippen MR) is 139 cm³/mol. The van der Waals surface area contributed by atoms with Crippen molar-refractivity contribution in [3.05, 3.63) is 108 Å². The highest BCUT2D eigenvalue weighted by molar-refractivity contribution is 14.1. The van der Waals surface area contributed by atoms with Gasteiger partial charge in [-0.15, -0.1) is 0 Å². The Morgan fingerprint density at radius 2 is 1.62 bits per heavy atom. The van der Waals surface area contributed by atoms with Crippen molar-refractivity contribution in [3.8, 4) is 5.75 Å². The summed E-state index contributed by atoms with van der Waals surface area (Å²) in [6.07, 6.45) is 1.60. The fraction of sp³-hybridized carbons (Fsp3) is 0.167. The summed E-state index contributed by atoms with van der Waals surface area (Å²) >= 11 is 2.21. The number of halogens is 1. The Morgan fingerprint density at radius 3 is 2.26 bits per heavy atom. The van der Waals surface area contributed by atoms with Crippen LogP contribution in [0.1, 0.15) is 16.7 Å². The molecule has 4 rings (SSSR count). The number of nitrogens with one attached hydrogen (secondary N) is 1. The van der Waals surface area contributed by atoms with Gasteiger partial charge in [-0.2, -0.15) is 4.98 Å². The van der Waals surface area contributed by atoms with Crippen LogP contribution in [0.3, 0.4) is 0 Å². The van der Waals surface area contributed by atoms with Gasteiger partial charge in [0, 0.05) is 21.9 Å². The number of rotatable bonds is 8. The standard InChI is InChI=1S/C24H23IN6O3/c1-34-20-10-6-17(7-11-20)14-30-22(28-13-18-3-2-12-27-21(18)26)29-23(32)31(24(30)33)15-16-4-8-19(25)9-5-16/h2-12H,13-15H2,1H3,(H2,26,27)(H,28,29,32). The Labute approximate surface area is 209 Å². The van der Waals surface area contributed by atoms with Gasteiger partial charge in [0.2, 0.25) is 5.95 Å². The van der Waals surface area contributed by atoms with Gasteiger partial charge in [-0.05, 0) is 64.0 Å². The maximum Gasteiger partial charge on any atom is 0.355 e. The Balaban J connectivity index is 1.72. The molecule has 0 radical (unpaired) electrons. The summed E-state index contributed by atoms with van der Waals surface area (Å²) in [5.74, 6) is 1.24. The van der Waals surface area contributed by atoms with Crippen molar-refractivity contribution in [2.75, 3.05) is 18.2 Å². The van der Waals surface area contributed by atoms with Crippen molar-refractivity contribution in [3.63, 3.8) is 0 Å². The first kappa shape index (κ1) is 23.5. The minimum atomic E-state index is -0.629. The van der Waals surface area contributed by atoms with E-state index in [0.29, 0.717) is 11.6 Å². The van der Waals surface area contributed by atoms with Crippen molar-refractivity contribution in [1.82, 2.24) is 19.1 Å². The molecule has 0 bridgehead atoms. The molecule has 34 heavy (non-hydrogen) atoms. The fourth-order valence-electron chi connectivity index (χ4n) is 3.40.